The van der Waals surface area contributed by atoms with Crippen molar-refractivity contribution in [2.24, 2.45) is 0 Å². The lowest BCUT2D eigenvalue weighted by atomic mass is 10.2. The van der Waals surface area contributed by atoms with Gasteiger partial charge in [-0.15, -0.1) is 0 Å². The second-order valence-electron chi connectivity index (χ2n) is 6.25. The Morgan fingerprint density at radius 3 is 2.31 bits per heavy atom. The van der Waals surface area contributed by atoms with Crippen LogP contribution in [-0.2, 0) is 16.6 Å². The number of urea groups is 1. The minimum absolute atomic E-state index is 0.141. The van der Waals surface area contributed by atoms with Gasteiger partial charge in [0, 0.05) is 25.3 Å². The number of nitrogens with one attached hydrogen (secondary N) is 2. The smallest absolute Gasteiger partial charge is 0.319 e. The average molecular weight is 373 g/mol. The van der Waals surface area contributed by atoms with Gasteiger partial charge in [-0.25, -0.2) is 13.2 Å². The van der Waals surface area contributed by atoms with Crippen molar-refractivity contribution in [1.29, 1.82) is 0 Å². The molecule has 6 nitrogen and oxygen atoms in total. The van der Waals surface area contributed by atoms with Crippen molar-refractivity contribution in [2.75, 3.05) is 18.4 Å². The molecular formula is C19H23N3O3S. The Morgan fingerprint density at radius 2 is 1.58 bits per heavy atom. The molecule has 3 rings (SSSR count). The molecule has 2 aromatic rings. The maximum atomic E-state index is 12.9. The number of hydrogen-bond donors (Lipinski definition) is 2. The van der Waals surface area contributed by atoms with Crippen LogP contribution < -0.4 is 10.6 Å². The first-order chi connectivity index (χ1) is 12.6. The van der Waals surface area contributed by atoms with Gasteiger partial charge in [-0.1, -0.05) is 42.8 Å². The molecule has 0 radical (unpaired) electrons. The van der Waals surface area contributed by atoms with Crippen LogP contribution in [0.5, 0.6) is 0 Å². The van der Waals surface area contributed by atoms with Gasteiger partial charge in [0.05, 0.1) is 4.90 Å². The predicted octanol–water partition coefficient (Wildman–Crippen LogP) is 3.18. The summed E-state index contributed by atoms with van der Waals surface area (Å²) in [5.41, 5.74) is 1.26. The molecule has 1 saturated heterocycles. The van der Waals surface area contributed by atoms with Gasteiger partial charge in [-0.3, -0.25) is 0 Å². The quantitative estimate of drug-likeness (QED) is 0.845. The number of carbonyl (C=O) groups is 1. The Balaban J connectivity index is 1.70. The first kappa shape index (κ1) is 18.4. The average Bonchev–Trinajstić information content (AvgIpc) is 2.68. The standard InChI is InChI=1S/C19H23N3O3S/c23-19(21-17-10-3-1-4-11-17)20-15-16-9-5-6-12-18(16)26(24,25)22-13-7-2-8-14-22/h1,3-6,9-12H,2,7-8,13-15H2,(H2,20,21,23). The van der Waals surface area contributed by atoms with E-state index in [2.05, 4.69) is 10.6 Å². The van der Waals surface area contributed by atoms with Crippen molar-refractivity contribution in [2.45, 2.75) is 30.7 Å². The number of carbonyl (C=O) groups excluding carboxylic acids is 1. The highest BCUT2D eigenvalue weighted by Gasteiger charge is 2.27. The molecule has 0 bridgehead atoms. The van der Waals surface area contributed by atoms with E-state index in [1.54, 1.807) is 40.7 Å². The van der Waals surface area contributed by atoms with Crippen molar-refractivity contribution in [3.8, 4) is 0 Å². The number of anilines is 1. The molecule has 1 aliphatic heterocycles. The van der Waals surface area contributed by atoms with Crippen LogP contribution in [-0.4, -0.2) is 31.8 Å². The molecule has 138 valence electrons. The van der Waals surface area contributed by atoms with E-state index in [0.29, 0.717) is 24.3 Å². The molecule has 0 aliphatic carbocycles. The largest absolute Gasteiger partial charge is 0.334 e. The fourth-order valence-corrected chi connectivity index (χ4v) is 4.76. The molecule has 26 heavy (non-hydrogen) atoms. The molecule has 0 spiro atoms. The zero-order valence-corrected chi connectivity index (χ0v) is 15.3. The van der Waals surface area contributed by atoms with Crippen LogP contribution in [0.1, 0.15) is 24.8 Å². The highest BCUT2D eigenvalue weighted by atomic mass is 32.2. The summed E-state index contributed by atoms with van der Waals surface area (Å²) in [5, 5.41) is 5.45. The van der Waals surface area contributed by atoms with Crippen molar-refractivity contribution in [1.82, 2.24) is 9.62 Å². The van der Waals surface area contributed by atoms with Crippen molar-refractivity contribution in [3.63, 3.8) is 0 Å². The van der Waals surface area contributed by atoms with Crippen LogP contribution in [0.4, 0.5) is 10.5 Å². The Kier molecular flexibility index (Phi) is 5.90. The van der Waals surface area contributed by atoms with E-state index in [0.717, 1.165) is 19.3 Å². The van der Waals surface area contributed by atoms with E-state index in [1.165, 1.54) is 0 Å². The molecule has 1 fully saturated rings. The van der Waals surface area contributed by atoms with E-state index >= 15 is 0 Å². The number of hydrogen-bond acceptors (Lipinski definition) is 3. The summed E-state index contributed by atoms with van der Waals surface area (Å²) < 4.78 is 27.4. The summed E-state index contributed by atoms with van der Waals surface area (Å²) in [6.45, 7) is 1.25. The molecule has 1 aliphatic rings. The highest BCUT2D eigenvalue weighted by Crippen LogP contribution is 2.23. The summed E-state index contributed by atoms with van der Waals surface area (Å²) >= 11 is 0. The third kappa shape index (κ3) is 4.42. The van der Waals surface area contributed by atoms with Crippen LogP contribution >= 0.6 is 0 Å². The van der Waals surface area contributed by atoms with Gasteiger partial charge in [-0.05, 0) is 36.6 Å². The summed E-state index contributed by atoms with van der Waals surface area (Å²) in [4.78, 5) is 12.3. The number of benzene rings is 2. The van der Waals surface area contributed by atoms with Gasteiger partial charge < -0.3 is 10.6 Å². The summed E-state index contributed by atoms with van der Waals surface area (Å²) in [5.74, 6) is 0. The Morgan fingerprint density at radius 1 is 0.923 bits per heavy atom. The molecular weight excluding hydrogens is 350 g/mol. The maximum Gasteiger partial charge on any atom is 0.319 e. The minimum Gasteiger partial charge on any atom is -0.334 e. The van der Waals surface area contributed by atoms with Gasteiger partial charge in [0.15, 0.2) is 0 Å². The lowest BCUT2D eigenvalue weighted by Crippen LogP contribution is -2.36. The number of piperidine rings is 1. The van der Waals surface area contributed by atoms with Gasteiger partial charge in [-0.2, -0.15) is 4.31 Å². The van der Waals surface area contributed by atoms with Gasteiger partial charge in [0.2, 0.25) is 10.0 Å². The van der Waals surface area contributed by atoms with E-state index in [-0.39, 0.29) is 17.5 Å². The van der Waals surface area contributed by atoms with Crippen molar-refractivity contribution in [3.05, 3.63) is 60.2 Å². The molecule has 2 amide bonds. The highest BCUT2D eigenvalue weighted by molar-refractivity contribution is 7.89. The van der Waals surface area contributed by atoms with Gasteiger partial charge in [0.25, 0.3) is 0 Å². The lowest BCUT2D eigenvalue weighted by molar-refractivity contribution is 0.251. The maximum absolute atomic E-state index is 12.9. The molecule has 0 aromatic heterocycles. The third-order valence-electron chi connectivity index (χ3n) is 4.38. The Labute approximate surface area is 154 Å². The number of para-hydroxylation sites is 1. The minimum atomic E-state index is -3.54. The van der Waals surface area contributed by atoms with Crippen molar-refractivity contribution >= 4 is 21.7 Å². The molecule has 0 atom stereocenters. The van der Waals surface area contributed by atoms with Crippen molar-refractivity contribution < 1.29 is 13.2 Å². The van der Waals surface area contributed by atoms with Gasteiger partial charge >= 0.3 is 6.03 Å². The number of sulfonamides is 1. The number of rotatable bonds is 5. The zero-order valence-electron chi connectivity index (χ0n) is 14.5. The summed E-state index contributed by atoms with van der Waals surface area (Å²) in [6, 6.07) is 15.6. The summed E-state index contributed by atoms with van der Waals surface area (Å²) in [6.07, 6.45) is 2.84. The number of nitrogens with zero attached hydrogens (tertiary/aromatic N) is 1. The molecule has 1 heterocycles. The lowest BCUT2D eigenvalue weighted by Gasteiger charge is -2.26. The first-order valence-corrected chi connectivity index (χ1v) is 10.2. The third-order valence-corrected chi connectivity index (χ3v) is 6.38. The molecule has 7 heteroatoms. The zero-order chi connectivity index (χ0) is 18.4. The fraction of sp³-hybridized carbons (Fsp3) is 0.316. The van der Waals surface area contributed by atoms with Gasteiger partial charge in [0.1, 0.15) is 0 Å². The normalized spacial score (nSPS) is 15.4. The molecule has 2 N–H and O–H groups in total. The van der Waals surface area contributed by atoms with E-state index in [1.807, 2.05) is 18.2 Å². The van der Waals surface area contributed by atoms with E-state index in [9.17, 15) is 13.2 Å². The fourth-order valence-electron chi connectivity index (χ4n) is 3.02. The molecule has 0 saturated carbocycles. The molecule has 0 unspecified atom stereocenters. The predicted molar refractivity (Wildman–Crippen MR) is 101 cm³/mol. The van der Waals surface area contributed by atoms with E-state index in [4.69, 9.17) is 0 Å². The SMILES string of the molecule is O=C(NCc1ccccc1S(=O)(=O)N1CCCCC1)Nc1ccccc1. The van der Waals surface area contributed by atoms with Crippen LogP contribution in [0, 0.1) is 0 Å². The number of amides is 2. The topological polar surface area (TPSA) is 78.5 Å². The Hall–Kier alpha value is -2.38. The van der Waals surface area contributed by atoms with Crippen LogP contribution in [0.25, 0.3) is 0 Å². The Bertz CT molecular complexity index is 847. The van der Waals surface area contributed by atoms with Crippen LogP contribution in [0.2, 0.25) is 0 Å². The van der Waals surface area contributed by atoms with E-state index < -0.39 is 10.0 Å². The second-order valence-corrected chi connectivity index (χ2v) is 8.15. The van der Waals surface area contributed by atoms with Crippen LogP contribution in [0.3, 0.4) is 0 Å². The van der Waals surface area contributed by atoms with Crippen LogP contribution in [0.15, 0.2) is 59.5 Å². The first-order valence-electron chi connectivity index (χ1n) is 8.75. The monoisotopic (exact) mass is 373 g/mol. The second kappa shape index (κ2) is 8.33. The molecule has 2 aromatic carbocycles. The summed E-state index contributed by atoms with van der Waals surface area (Å²) in [7, 11) is -3.54.